The molecule has 0 unspecified atom stereocenters. The van der Waals surface area contributed by atoms with Gasteiger partial charge in [0.2, 0.25) is 5.95 Å². The van der Waals surface area contributed by atoms with Crippen molar-refractivity contribution in [2.45, 2.75) is 69.2 Å². The second-order valence-corrected chi connectivity index (χ2v) is 11.5. The fourth-order valence-corrected chi connectivity index (χ4v) is 3.75. The van der Waals surface area contributed by atoms with Gasteiger partial charge in [0.15, 0.2) is 0 Å². The van der Waals surface area contributed by atoms with E-state index in [1.807, 2.05) is 40.1 Å². The predicted octanol–water partition coefficient (Wildman–Crippen LogP) is 9.83. The lowest BCUT2D eigenvalue weighted by Gasteiger charge is -1.99. The van der Waals surface area contributed by atoms with E-state index in [1.54, 1.807) is 20.0 Å². The summed E-state index contributed by atoms with van der Waals surface area (Å²) in [5.41, 5.74) is 7.82. The Morgan fingerprint density at radius 3 is 1.20 bits per heavy atom. The van der Waals surface area contributed by atoms with Gasteiger partial charge in [-0.3, -0.25) is 0 Å². The van der Waals surface area contributed by atoms with Crippen LogP contribution in [0, 0.1) is 75.2 Å². The fraction of sp³-hybridized carbons (Fsp3) is 0.263. The first-order chi connectivity index (χ1) is 21.7. The summed E-state index contributed by atoms with van der Waals surface area (Å²) in [6.07, 6.45) is 6.80. The Morgan fingerprint density at radius 2 is 0.826 bits per heavy atom. The van der Waals surface area contributed by atoms with Crippen molar-refractivity contribution in [2.24, 2.45) is 0 Å². The van der Waals surface area contributed by atoms with Crippen LogP contribution in [0.2, 0.25) is 5.15 Å². The Labute approximate surface area is 278 Å². The number of hydrogen-bond acceptors (Lipinski definition) is 6. The van der Waals surface area contributed by atoms with Gasteiger partial charge < -0.3 is 0 Å². The summed E-state index contributed by atoms with van der Waals surface area (Å²) in [5, 5.41) is 3.21. The first kappa shape index (κ1) is 37.6. The second kappa shape index (κ2) is 19.0. The van der Waals surface area contributed by atoms with Crippen LogP contribution in [0.5, 0.6) is 0 Å². The highest BCUT2D eigenvalue weighted by atomic mass is 35.5. The fourth-order valence-electron chi connectivity index (χ4n) is 3.58. The third-order valence-corrected chi connectivity index (χ3v) is 6.72. The van der Waals surface area contributed by atoms with E-state index >= 15 is 0 Å². The highest BCUT2D eigenvalue weighted by Crippen LogP contribution is 2.17. The quantitative estimate of drug-likeness (QED) is 0.154. The van der Waals surface area contributed by atoms with Crippen LogP contribution in [0.1, 0.15) is 56.4 Å². The molecule has 0 saturated carbocycles. The van der Waals surface area contributed by atoms with Crippen LogP contribution in [0.15, 0.2) is 85.5 Å². The van der Waals surface area contributed by atoms with Gasteiger partial charge in [0, 0.05) is 35.9 Å². The summed E-state index contributed by atoms with van der Waals surface area (Å²) in [5.74, 6) is 1.59. The minimum absolute atomic E-state index is 0.428. The highest BCUT2D eigenvalue weighted by Gasteiger charge is 1.97. The molecular weight excluding hydrogens is 595 g/mol. The lowest BCUT2D eigenvalue weighted by molar-refractivity contribution is 0.564. The van der Waals surface area contributed by atoms with Crippen LogP contribution in [-0.4, -0.2) is 29.9 Å². The monoisotopic (exact) mass is 638 g/mol. The minimum atomic E-state index is -0.428. The molecule has 3 aromatic carbocycles. The van der Waals surface area contributed by atoms with Crippen molar-refractivity contribution < 1.29 is 4.39 Å². The molecule has 0 spiro atoms. The summed E-state index contributed by atoms with van der Waals surface area (Å²) in [7, 11) is 0. The normalized spacial score (nSPS) is 9.74. The van der Waals surface area contributed by atoms with E-state index in [-0.39, 0.29) is 0 Å². The maximum absolute atomic E-state index is 12.4. The molecule has 8 heteroatoms. The smallest absolute Gasteiger partial charge is 0.219 e. The molecule has 6 nitrogen and oxygen atoms in total. The van der Waals surface area contributed by atoms with Crippen molar-refractivity contribution in [3.05, 3.63) is 153 Å². The van der Waals surface area contributed by atoms with Crippen LogP contribution in [0.4, 0.5) is 4.39 Å². The number of benzene rings is 3. The zero-order chi connectivity index (χ0) is 34.2. The maximum Gasteiger partial charge on any atom is 0.219 e. The molecule has 6 rings (SSSR count). The van der Waals surface area contributed by atoms with Crippen LogP contribution in [0.3, 0.4) is 0 Å². The molecule has 3 heterocycles. The molecule has 0 bridgehead atoms. The molecule has 0 atom stereocenters. The largest absolute Gasteiger partial charge is 0.241 e. The zero-order valence-corrected chi connectivity index (χ0v) is 29.3. The van der Waals surface area contributed by atoms with E-state index in [9.17, 15) is 4.39 Å². The minimum Gasteiger partial charge on any atom is -0.241 e. The van der Waals surface area contributed by atoms with Gasteiger partial charge in [0.25, 0.3) is 0 Å². The van der Waals surface area contributed by atoms with Gasteiger partial charge in [-0.05, 0) is 85.6 Å². The molecule has 0 amide bonds. The Bertz CT molecular complexity index is 1630. The van der Waals surface area contributed by atoms with Crippen LogP contribution >= 0.6 is 11.6 Å². The molecule has 240 valence electrons. The Morgan fingerprint density at radius 1 is 0.435 bits per heavy atom. The predicted molar refractivity (Wildman–Crippen MR) is 189 cm³/mol. The summed E-state index contributed by atoms with van der Waals surface area (Å²) < 4.78 is 12.4. The number of rotatable bonds is 0. The van der Waals surface area contributed by atoms with Gasteiger partial charge >= 0.3 is 0 Å². The molecule has 0 aliphatic rings. The van der Waals surface area contributed by atoms with E-state index in [2.05, 4.69) is 118 Å². The van der Waals surface area contributed by atoms with Crippen molar-refractivity contribution in [3.8, 4) is 0 Å². The van der Waals surface area contributed by atoms with Crippen molar-refractivity contribution in [1.29, 1.82) is 0 Å². The van der Waals surface area contributed by atoms with E-state index < -0.39 is 5.95 Å². The van der Waals surface area contributed by atoms with Crippen molar-refractivity contribution >= 4 is 22.4 Å². The molecular formula is C38H44ClFN6. The third kappa shape index (κ3) is 14.4. The van der Waals surface area contributed by atoms with Crippen molar-refractivity contribution in [1.82, 2.24) is 29.9 Å². The molecule has 46 heavy (non-hydrogen) atoms. The number of aromatic nitrogens is 6. The molecule has 3 aromatic heterocycles. The molecule has 0 aliphatic carbocycles. The lowest BCUT2D eigenvalue weighted by Crippen LogP contribution is -1.93. The maximum atomic E-state index is 12.4. The van der Waals surface area contributed by atoms with Crippen molar-refractivity contribution in [3.63, 3.8) is 0 Å². The number of fused-ring (bicyclic) bond motifs is 1. The van der Waals surface area contributed by atoms with E-state index in [4.69, 9.17) is 11.6 Å². The van der Waals surface area contributed by atoms with Crippen LogP contribution in [0.25, 0.3) is 10.8 Å². The van der Waals surface area contributed by atoms with Gasteiger partial charge in [-0.15, -0.1) is 0 Å². The SMILES string of the molecule is Cc1ccc(C)cc1.Cc1ccc2cc(C)ccc2c1.Cc1cnc(C)nc1.Cc1ncc(C)c(Cl)n1.Cc1ncc(C)c(F)n1. The van der Waals surface area contributed by atoms with Crippen LogP contribution in [-0.2, 0) is 0 Å². The Hall–Kier alpha value is -4.62. The van der Waals surface area contributed by atoms with Gasteiger partial charge in [-0.25, -0.2) is 29.9 Å². The zero-order valence-electron chi connectivity index (χ0n) is 28.5. The van der Waals surface area contributed by atoms with Gasteiger partial charge in [-0.1, -0.05) is 94.5 Å². The topological polar surface area (TPSA) is 77.3 Å². The lowest BCUT2D eigenvalue weighted by atomic mass is 10.1. The summed E-state index contributed by atoms with van der Waals surface area (Å²) in [6.45, 7) is 19.3. The number of halogens is 2. The summed E-state index contributed by atoms with van der Waals surface area (Å²) in [4.78, 5) is 23.1. The molecule has 6 aromatic rings. The molecule has 0 N–H and O–H groups in total. The molecule has 0 fully saturated rings. The summed E-state index contributed by atoms with van der Waals surface area (Å²) >= 11 is 5.66. The molecule has 0 saturated heterocycles. The first-order valence-electron chi connectivity index (χ1n) is 14.9. The van der Waals surface area contributed by atoms with E-state index in [1.165, 1.54) is 39.2 Å². The number of aryl methyl sites for hydroxylation is 10. The average molecular weight is 639 g/mol. The average Bonchev–Trinajstić information content (AvgIpc) is 3.02. The Kier molecular flexibility index (Phi) is 15.5. The van der Waals surface area contributed by atoms with Gasteiger partial charge in [0.05, 0.1) is 0 Å². The van der Waals surface area contributed by atoms with Crippen molar-refractivity contribution in [2.75, 3.05) is 0 Å². The van der Waals surface area contributed by atoms with E-state index in [0.717, 1.165) is 17.0 Å². The Balaban J connectivity index is 0.000000202. The summed E-state index contributed by atoms with van der Waals surface area (Å²) in [6, 6.07) is 21.6. The number of nitrogens with zero attached hydrogens (tertiary/aromatic N) is 6. The highest BCUT2D eigenvalue weighted by molar-refractivity contribution is 6.30. The second-order valence-electron chi connectivity index (χ2n) is 11.1. The third-order valence-electron chi connectivity index (χ3n) is 6.34. The van der Waals surface area contributed by atoms with Crippen LogP contribution < -0.4 is 0 Å². The molecule has 0 aliphatic heterocycles. The first-order valence-corrected chi connectivity index (χ1v) is 15.3. The molecule has 0 radical (unpaired) electrons. The standard InChI is InChI=1S/C12H12.C8H10.C6H7ClN2.C6H7FN2.C6H8N2/c1-9-3-5-12-8-10(2)4-6-11(12)7-9;1-7-3-5-8(2)6-4-7;2*1-4-3-8-5(2)9-6(4)7;1-5-3-7-6(2)8-4-5/h3-8H,1-2H3;3-6H,1-2H3;2*3H,1-2H3;3-4H,1-2H3. The number of hydrogen-bond donors (Lipinski definition) is 0. The van der Waals surface area contributed by atoms with E-state index in [0.29, 0.717) is 22.4 Å². The van der Waals surface area contributed by atoms with Gasteiger partial charge in [-0.2, -0.15) is 4.39 Å². The van der Waals surface area contributed by atoms with Gasteiger partial charge in [0.1, 0.15) is 22.6 Å².